The van der Waals surface area contributed by atoms with Crippen LogP contribution in [0.1, 0.15) is 0 Å². The van der Waals surface area contributed by atoms with Crippen LogP contribution >= 0.6 is 0 Å². The van der Waals surface area contributed by atoms with Gasteiger partial charge in [-0.1, -0.05) is 12.2 Å². The largest absolute Gasteiger partial charge is 0.497 e. The Morgan fingerprint density at radius 2 is 1.78 bits per heavy atom. The molecule has 3 aliphatic rings. The molecule has 2 bridgehead atoms. The third-order valence-corrected chi connectivity index (χ3v) is 6.45. The van der Waals surface area contributed by atoms with Gasteiger partial charge in [-0.05, 0) is 36.4 Å². The quantitative estimate of drug-likeness (QED) is 0.701. The normalized spacial score (nSPS) is 27.4. The highest BCUT2D eigenvalue weighted by molar-refractivity contribution is 6.05. The number of nitrogens with zero attached hydrogens (tertiary/aromatic N) is 1. The number of methoxy groups -OCH3 is 3. The lowest BCUT2D eigenvalue weighted by Crippen LogP contribution is -2.41. The molecule has 166 valence electrons. The van der Waals surface area contributed by atoms with E-state index in [1.54, 1.807) is 37.3 Å². The number of rotatable bonds is 6. The molecule has 0 aliphatic carbocycles. The second kappa shape index (κ2) is 7.56. The molecule has 8 heteroatoms. The average Bonchev–Trinajstić information content (AvgIpc) is 3.47. The number of carbonyl (C=O) groups is 2. The molecule has 2 aromatic carbocycles. The van der Waals surface area contributed by atoms with E-state index in [9.17, 15) is 9.59 Å². The summed E-state index contributed by atoms with van der Waals surface area (Å²) in [5.41, 5.74) is 0.459. The van der Waals surface area contributed by atoms with Crippen molar-refractivity contribution < 1.29 is 28.5 Å². The van der Waals surface area contributed by atoms with Gasteiger partial charge in [0, 0.05) is 11.8 Å². The first-order valence-electron chi connectivity index (χ1n) is 10.3. The maximum Gasteiger partial charge on any atom is 0.234 e. The molecule has 0 aromatic heterocycles. The summed E-state index contributed by atoms with van der Waals surface area (Å²) < 4.78 is 22.0. The second-order valence-electron chi connectivity index (χ2n) is 8.08. The number of hydrogen-bond acceptors (Lipinski definition) is 6. The van der Waals surface area contributed by atoms with Gasteiger partial charge in [0.1, 0.15) is 22.8 Å². The number of anilines is 2. The molecule has 5 rings (SSSR count). The minimum absolute atomic E-state index is 0.121. The van der Waals surface area contributed by atoms with Crippen molar-refractivity contribution in [2.45, 2.75) is 11.7 Å². The lowest BCUT2D eigenvalue weighted by molar-refractivity contribution is -0.128. The van der Waals surface area contributed by atoms with Gasteiger partial charge < -0.3 is 29.2 Å². The van der Waals surface area contributed by atoms with Gasteiger partial charge in [0.2, 0.25) is 11.8 Å². The van der Waals surface area contributed by atoms with Crippen LogP contribution in [0.25, 0.3) is 0 Å². The SMILES string of the molecule is COc1ccc(N2C[C@@]34C=C[C@H](O3)[C@H](C(=O)Nc3ccc(OC)cc3OC)[C@@H]4C2=O)cc1. The van der Waals surface area contributed by atoms with Crippen molar-refractivity contribution in [3.8, 4) is 17.2 Å². The molecule has 2 saturated heterocycles. The van der Waals surface area contributed by atoms with Crippen LogP contribution in [0.5, 0.6) is 17.2 Å². The van der Waals surface area contributed by atoms with Gasteiger partial charge in [-0.25, -0.2) is 0 Å². The minimum atomic E-state index is -0.798. The van der Waals surface area contributed by atoms with Gasteiger partial charge in [0.15, 0.2) is 0 Å². The van der Waals surface area contributed by atoms with Gasteiger partial charge in [-0.15, -0.1) is 0 Å². The van der Waals surface area contributed by atoms with Crippen LogP contribution in [0.2, 0.25) is 0 Å². The van der Waals surface area contributed by atoms with Crippen molar-refractivity contribution in [2.75, 3.05) is 38.1 Å². The summed E-state index contributed by atoms with van der Waals surface area (Å²) >= 11 is 0. The summed E-state index contributed by atoms with van der Waals surface area (Å²) in [6.45, 7) is 0.367. The van der Waals surface area contributed by atoms with Crippen molar-refractivity contribution in [1.82, 2.24) is 0 Å². The Morgan fingerprint density at radius 1 is 1.06 bits per heavy atom. The summed E-state index contributed by atoms with van der Waals surface area (Å²) in [5.74, 6) is 0.173. The number of hydrogen-bond donors (Lipinski definition) is 1. The molecular weight excluding hydrogens is 412 g/mol. The van der Waals surface area contributed by atoms with Gasteiger partial charge >= 0.3 is 0 Å². The van der Waals surface area contributed by atoms with Crippen LogP contribution in [0.15, 0.2) is 54.6 Å². The molecular formula is C24H24N2O6. The van der Waals surface area contributed by atoms with Crippen molar-refractivity contribution in [2.24, 2.45) is 11.8 Å². The smallest absolute Gasteiger partial charge is 0.234 e. The Bertz CT molecular complexity index is 1100. The molecule has 0 saturated carbocycles. The number of nitrogens with one attached hydrogen (secondary N) is 1. The molecule has 8 nitrogen and oxygen atoms in total. The Balaban J connectivity index is 1.41. The highest BCUT2D eigenvalue weighted by Gasteiger charge is 2.67. The van der Waals surface area contributed by atoms with Crippen molar-refractivity contribution in [3.63, 3.8) is 0 Å². The van der Waals surface area contributed by atoms with E-state index in [4.69, 9.17) is 18.9 Å². The summed E-state index contributed by atoms with van der Waals surface area (Å²) in [7, 11) is 4.68. The first-order chi connectivity index (χ1) is 15.5. The van der Waals surface area contributed by atoms with Gasteiger partial charge in [-0.3, -0.25) is 9.59 Å². The molecule has 2 fully saturated rings. The molecule has 1 N–H and O–H groups in total. The predicted molar refractivity (Wildman–Crippen MR) is 117 cm³/mol. The molecule has 3 aliphatic heterocycles. The number of fused-ring (bicyclic) bond motifs is 1. The Kier molecular flexibility index (Phi) is 4.82. The summed E-state index contributed by atoms with van der Waals surface area (Å²) in [5, 5.41) is 2.92. The van der Waals surface area contributed by atoms with E-state index < -0.39 is 23.5 Å². The zero-order chi connectivity index (χ0) is 22.5. The highest BCUT2D eigenvalue weighted by Crippen LogP contribution is 2.53. The number of ether oxygens (including phenoxy) is 4. The first-order valence-corrected chi connectivity index (χ1v) is 10.3. The van der Waals surface area contributed by atoms with Gasteiger partial charge in [0.05, 0.1) is 51.5 Å². The van der Waals surface area contributed by atoms with Crippen LogP contribution in [0.3, 0.4) is 0 Å². The van der Waals surface area contributed by atoms with E-state index in [-0.39, 0.29) is 11.8 Å². The topological polar surface area (TPSA) is 86.3 Å². The fourth-order valence-corrected chi connectivity index (χ4v) is 4.90. The highest BCUT2D eigenvalue weighted by atomic mass is 16.5. The van der Waals surface area contributed by atoms with E-state index in [2.05, 4.69) is 5.32 Å². The molecule has 1 spiro atoms. The van der Waals surface area contributed by atoms with E-state index >= 15 is 0 Å². The molecule has 4 atom stereocenters. The lowest BCUT2D eigenvalue weighted by atomic mass is 9.76. The van der Waals surface area contributed by atoms with E-state index in [0.29, 0.717) is 29.5 Å². The van der Waals surface area contributed by atoms with Gasteiger partial charge in [-0.2, -0.15) is 0 Å². The number of benzene rings is 2. The third-order valence-electron chi connectivity index (χ3n) is 6.45. The maximum absolute atomic E-state index is 13.5. The van der Waals surface area contributed by atoms with Crippen molar-refractivity contribution in [1.29, 1.82) is 0 Å². The molecule has 0 radical (unpaired) electrons. The second-order valence-corrected chi connectivity index (χ2v) is 8.08. The van der Waals surface area contributed by atoms with Crippen LogP contribution in [0, 0.1) is 11.8 Å². The van der Waals surface area contributed by atoms with Crippen molar-refractivity contribution in [3.05, 3.63) is 54.6 Å². The Morgan fingerprint density at radius 3 is 2.47 bits per heavy atom. The molecule has 0 unspecified atom stereocenters. The fourth-order valence-electron chi connectivity index (χ4n) is 4.90. The standard InChI is InChI=1S/C24H24N2O6/c1-29-15-6-4-14(5-7-15)26-13-24-11-10-18(32-24)20(21(24)23(26)28)22(27)25-17-9-8-16(30-2)12-19(17)31-3/h4-12,18,20-21H,13H2,1-3H3,(H,25,27)/t18-,20-,21+,24+/m0/s1. The monoisotopic (exact) mass is 436 g/mol. The summed E-state index contributed by atoms with van der Waals surface area (Å²) in [4.78, 5) is 28.5. The summed E-state index contributed by atoms with van der Waals surface area (Å²) in [6, 6.07) is 12.4. The van der Waals surface area contributed by atoms with E-state index in [1.807, 2.05) is 36.4 Å². The zero-order valence-electron chi connectivity index (χ0n) is 18.0. The molecule has 2 aromatic rings. The predicted octanol–water partition coefficient (Wildman–Crippen LogP) is 2.64. The summed E-state index contributed by atoms with van der Waals surface area (Å²) in [6.07, 6.45) is 3.38. The molecule has 32 heavy (non-hydrogen) atoms. The van der Waals surface area contributed by atoms with Crippen LogP contribution in [0.4, 0.5) is 11.4 Å². The van der Waals surface area contributed by atoms with E-state index in [1.165, 1.54) is 7.11 Å². The van der Waals surface area contributed by atoms with Crippen LogP contribution in [-0.2, 0) is 14.3 Å². The average molecular weight is 436 g/mol. The minimum Gasteiger partial charge on any atom is -0.497 e. The Hall–Kier alpha value is -3.52. The zero-order valence-corrected chi connectivity index (χ0v) is 18.0. The maximum atomic E-state index is 13.5. The number of carbonyl (C=O) groups excluding carboxylic acids is 2. The van der Waals surface area contributed by atoms with Crippen molar-refractivity contribution >= 4 is 23.2 Å². The van der Waals surface area contributed by atoms with Crippen LogP contribution in [-0.4, -0.2) is 51.4 Å². The van der Waals surface area contributed by atoms with E-state index in [0.717, 1.165) is 5.69 Å². The lowest BCUT2D eigenvalue weighted by Gasteiger charge is -2.24. The molecule has 2 amide bonds. The molecule has 3 heterocycles. The fraction of sp³-hybridized carbons (Fsp3) is 0.333. The van der Waals surface area contributed by atoms with Gasteiger partial charge in [0.25, 0.3) is 0 Å². The number of amides is 2. The Labute approximate surface area is 185 Å². The third kappa shape index (κ3) is 3.02. The first kappa shape index (κ1) is 20.4. The van der Waals surface area contributed by atoms with Crippen LogP contribution < -0.4 is 24.4 Å².